The predicted octanol–water partition coefficient (Wildman–Crippen LogP) is -2.40. The fourth-order valence-electron chi connectivity index (χ4n) is 5.27. The van der Waals surface area contributed by atoms with Gasteiger partial charge >= 0.3 is 0 Å². The Hall–Kier alpha value is -3.95. The first kappa shape index (κ1) is 34.4. The second kappa shape index (κ2) is 13.6. The van der Waals surface area contributed by atoms with Gasteiger partial charge in [0.1, 0.15) is 59.8 Å². The number of ether oxygens (including phenoxy) is 6. The predicted molar refractivity (Wildman–Crippen MR) is 153 cm³/mol. The van der Waals surface area contributed by atoms with Gasteiger partial charge in [-0.15, -0.1) is 0 Å². The quantitative estimate of drug-likeness (QED) is 0.113. The van der Waals surface area contributed by atoms with E-state index in [-0.39, 0.29) is 28.4 Å². The van der Waals surface area contributed by atoms with Gasteiger partial charge in [-0.2, -0.15) is 0 Å². The maximum Gasteiger partial charge on any atom is 0.239 e. The molecule has 10 N–H and O–H groups in total. The van der Waals surface area contributed by atoms with Crippen LogP contribution in [0.25, 0.3) is 22.3 Å². The summed E-state index contributed by atoms with van der Waals surface area (Å²) < 4.78 is 38.1. The van der Waals surface area contributed by atoms with Gasteiger partial charge in [-0.1, -0.05) is 0 Å². The van der Waals surface area contributed by atoms with Crippen molar-refractivity contribution in [1.29, 1.82) is 0 Å². The molecule has 0 bridgehead atoms. The summed E-state index contributed by atoms with van der Waals surface area (Å²) in [5.41, 5.74) is -1.32. The average molecular weight is 671 g/mol. The summed E-state index contributed by atoms with van der Waals surface area (Å²) in [6, 6.07) is 4.79. The van der Waals surface area contributed by atoms with Crippen molar-refractivity contribution in [3.63, 3.8) is 0 Å². The van der Waals surface area contributed by atoms with Gasteiger partial charge < -0.3 is 83.9 Å². The zero-order valence-electron chi connectivity index (χ0n) is 24.7. The minimum absolute atomic E-state index is 0.0467. The van der Waals surface area contributed by atoms with Gasteiger partial charge in [-0.05, 0) is 18.2 Å². The van der Waals surface area contributed by atoms with Gasteiger partial charge in [0, 0.05) is 11.6 Å². The van der Waals surface area contributed by atoms with Crippen molar-refractivity contribution < 1.29 is 83.9 Å². The van der Waals surface area contributed by atoms with Gasteiger partial charge in [0.05, 0.1) is 27.4 Å². The summed E-state index contributed by atoms with van der Waals surface area (Å²) in [5, 5.41) is 102. The lowest BCUT2D eigenvalue weighted by atomic mass is 9.98. The Morgan fingerprint density at radius 3 is 2.02 bits per heavy atom. The number of benzene rings is 2. The molecule has 0 saturated carbocycles. The lowest BCUT2D eigenvalue weighted by Gasteiger charge is -2.42. The molecule has 5 rings (SSSR count). The molecule has 0 spiro atoms. The van der Waals surface area contributed by atoms with Crippen LogP contribution in [0.4, 0.5) is 0 Å². The molecule has 2 saturated heterocycles. The molecule has 2 aliphatic heterocycles. The molecule has 0 unspecified atom stereocenters. The van der Waals surface area contributed by atoms with Crippen molar-refractivity contribution in [3.05, 3.63) is 34.5 Å². The molecule has 0 radical (unpaired) electrons. The van der Waals surface area contributed by atoms with E-state index in [0.29, 0.717) is 0 Å². The number of hydrogen-bond donors (Lipinski definition) is 10. The first-order valence-corrected chi connectivity index (χ1v) is 14.1. The Balaban J connectivity index is 1.52. The van der Waals surface area contributed by atoms with E-state index in [9.17, 15) is 55.9 Å². The fraction of sp³-hybridized carbons (Fsp3) is 0.483. The van der Waals surface area contributed by atoms with E-state index in [1.54, 1.807) is 0 Å². The zero-order chi connectivity index (χ0) is 34.3. The zero-order valence-corrected chi connectivity index (χ0v) is 24.7. The largest absolute Gasteiger partial charge is 0.504 e. The molecule has 18 heteroatoms. The van der Waals surface area contributed by atoms with E-state index in [4.69, 9.17) is 32.8 Å². The molecule has 10 atom stereocenters. The Labute approximate surface area is 264 Å². The summed E-state index contributed by atoms with van der Waals surface area (Å²) in [7, 11) is 2.39. The minimum atomic E-state index is -2.01. The maximum absolute atomic E-state index is 13.9. The van der Waals surface area contributed by atoms with E-state index in [1.807, 2.05) is 0 Å². The number of methoxy groups -OCH3 is 2. The van der Waals surface area contributed by atoms with Crippen LogP contribution in [0.2, 0.25) is 0 Å². The van der Waals surface area contributed by atoms with E-state index in [1.165, 1.54) is 25.3 Å². The molecule has 0 amide bonds. The number of aliphatic hydroxyl groups excluding tert-OH is 7. The highest BCUT2D eigenvalue weighted by atomic mass is 16.7. The molecule has 2 aromatic carbocycles. The second-order valence-electron chi connectivity index (χ2n) is 10.8. The fourth-order valence-corrected chi connectivity index (χ4v) is 5.27. The molecule has 1 aromatic heterocycles. The Bertz CT molecular complexity index is 1640. The highest BCUT2D eigenvalue weighted by molar-refractivity contribution is 5.91. The van der Waals surface area contributed by atoms with Crippen molar-refractivity contribution in [2.75, 3.05) is 27.4 Å². The number of rotatable bonds is 9. The van der Waals surface area contributed by atoms with Crippen LogP contribution >= 0.6 is 0 Å². The van der Waals surface area contributed by atoms with Gasteiger partial charge in [0.15, 0.2) is 35.0 Å². The monoisotopic (exact) mass is 670 g/mol. The maximum atomic E-state index is 13.9. The normalized spacial score (nSPS) is 31.1. The summed E-state index contributed by atoms with van der Waals surface area (Å²) in [5.74, 6) is -3.24. The van der Waals surface area contributed by atoms with Gasteiger partial charge in [0.25, 0.3) is 0 Å². The number of phenolic OH excluding ortho intramolecular Hbond substituents is 3. The molecular weight excluding hydrogens is 636 g/mol. The third kappa shape index (κ3) is 6.23. The minimum Gasteiger partial charge on any atom is -0.504 e. The van der Waals surface area contributed by atoms with Crippen LogP contribution < -0.4 is 19.6 Å². The number of aliphatic hydroxyl groups is 7. The molecule has 3 aromatic rings. The molecule has 2 fully saturated rings. The third-order valence-corrected chi connectivity index (χ3v) is 7.87. The summed E-state index contributed by atoms with van der Waals surface area (Å²) in [6.07, 6.45) is -17.5. The molecule has 258 valence electrons. The first-order valence-electron chi connectivity index (χ1n) is 14.1. The first-order chi connectivity index (χ1) is 22.3. The van der Waals surface area contributed by atoms with E-state index >= 15 is 0 Å². The summed E-state index contributed by atoms with van der Waals surface area (Å²) >= 11 is 0. The van der Waals surface area contributed by atoms with Crippen molar-refractivity contribution in [1.82, 2.24) is 0 Å². The lowest BCUT2D eigenvalue weighted by Crippen LogP contribution is -2.62. The van der Waals surface area contributed by atoms with Crippen molar-refractivity contribution in [2.45, 2.75) is 61.4 Å². The van der Waals surface area contributed by atoms with Gasteiger partial charge in [-0.25, -0.2) is 0 Å². The highest BCUT2D eigenvalue weighted by Gasteiger charge is 2.48. The summed E-state index contributed by atoms with van der Waals surface area (Å²) in [6.45, 7) is -1.42. The number of aromatic hydroxyl groups is 3. The van der Waals surface area contributed by atoms with Gasteiger partial charge in [-0.3, -0.25) is 4.79 Å². The van der Waals surface area contributed by atoms with Crippen LogP contribution in [0.3, 0.4) is 0 Å². The topological polar surface area (TPSA) is 288 Å². The van der Waals surface area contributed by atoms with E-state index in [0.717, 1.165) is 13.2 Å². The standard InChI is InChI=1S/C29H34O18/c1-41-12-5-9(3-4-10(12)31)25-27(20(36)16-13(44-25)6-11(32)26(42-2)19(16)35)47-29-24(40)22(38)18(34)15(46-29)8-43-28-23(39)21(37)17(33)14(7-30)45-28/h3-6,14-15,17-18,21-24,28-35,37-40H,7-8H2,1-2H3/t14-,15-,17-,18-,21+,22+,23-,24-,28-,29+/m1/s1. The van der Waals surface area contributed by atoms with E-state index < -0.39 is 108 Å². The molecule has 18 nitrogen and oxygen atoms in total. The highest BCUT2D eigenvalue weighted by Crippen LogP contribution is 2.44. The molecular formula is C29H34O18. The van der Waals surface area contributed by atoms with Crippen molar-refractivity contribution >= 4 is 11.0 Å². The lowest BCUT2D eigenvalue weighted by molar-refractivity contribution is -0.323. The smallest absolute Gasteiger partial charge is 0.239 e. The Morgan fingerprint density at radius 1 is 0.745 bits per heavy atom. The van der Waals surface area contributed by atoms with Crippen LogP contribution in [0.15, 0.2) is 33.5 Å². The van der Waals surface area contributed by atoms with Crippen LogP contribution in [-0.2, 0) is 14.2 Å². The number of fused-ring (bicyclic) bond motifs is 1. The third-order valence-electron chi connectivity index (χ3n) is 7.87. The van der Waals surface area contributed by atoms with Crippen molar-refractivity contribution in [3.8, 4) is 45.8 Å². The Kier molecular flexibility index (Phi) is 9.99. The SMILES string of the molecule is COc1cc(-c2oc3cc(O)c(OC)c(O)c3c(=O)c2O[C@@H]2O[C@H](CO[C@@H]3O[C@H](CO)[C@@H](O)[C@H](O)[C@H]3O)[C@@H](O)[C@H](O)[C@H]2O)ccc1O. The van der Waals surface area contributed by atoms with Gasteiger partial charge in [0.2, 0.25) is 23.2 Å². The molecule has 0 aliphatic carbocycles. The summed E-state index contributed by atoms with van der Waals surface area (Å²) in [4.78, 5) is 13.9. The molecule has 47 heavy (non-hydrogen) atoms. The number of phenols is 3. The van der Waals surface area contributed by atoms with Crippen LogP contribution in [-0.4, -0.2) is 140 Å². The Morgan fingerprint density at radius 2 is 1.38 bits per heavy atom. The van der Waals surface area contributed by atoms with Crippen molar-refractivity contribution in [2.24, 2.45) is 0 Å². The average Bonchev–Trinajstić information content (AvgIpc) is 3.05. The van der Waals surface area contributed by atoms with Crippen LogP contribution in [0.5, 0.6) is 34.5 Å². The van der Waals surface area contributed by atoms with E-state index in [2.05, 4.69) is 0 Å². The molecule has 2 aliphatic rings. The van der Waals surface area contributed by atoms with Crippen LogP contribution in [0, 0.1) is 0 Å². The second-order valence-corrected chi connectivity index (χ2v) is 10.8. The number of hydrogen-bond acceptors (Lipinski definition) is 18. The molecule has 3 heterocycles. The van der Waals surface area contributed by atoms with Crippen LogP contribution in [0.1, 0.15) is 0 Å².